The van der Waals surface area contributed by atoms with Crippen LogP contribution in [0.25, 0.3) is 0 Å². The number of amides is 3. The Balaban J connectivity index is 1.48. The summed E-state index contributed by atoms with van der Waals surface area (Å²) in [5.74, 6) is -0.425. The van der Waals surface area contributed by atoms with Gasteiger partial charge in [0.25, 0.3) is 11.8 Å². The maximum Gasteiger partial charge on any atom is 0.260 e. The molecular weight excluding hydrogens is 372 g/mol. The number of hydrogen-bond donors (Lipinski definition) is 2. The summed E-state index contributed by atoms with van der Waals surface area (Å²) in [5.41, 5.74) is 2.36. The van der Waals surface area contributed by atoms with E-state index in [0.29, 0.717) is 16.8 Å². The highest BCUT2D eigenvalue weighted by atomic mass is 16.2. The molecule has 3 heterocycles. The highest BCUT2D eigenvalue weighted by Gasteiger charge is 2.47. The third-order valence-electron chi connectivity index (χ3n) is 5.14. The van der Waals surface area contributed by atoms with E-state index in [2.05, 4.69) is 20.5 Å². The third-order valence-corrected chi connectivity index (χ3v) is 5.14. The van der Waals surface area contributed by atoms with Gasteiger partial charge in [0.2, 0.25) is 11.9 Å². The van der Waals surface area contributed by atoms with Gasteiger partial charge in [0.15, 0.2) is 0 Å². The zero-order valence-corrected chi connectivity index (χ0v) is 15.2. The molecule has 2 aliphatic rings. The molecule has 9 heteroatoms. The number of rotatable bonds is 4. The summed E-state index contributed by atoms with van der Waals surface area (Å²) in [6.07, 6.45) is 0.772. The molecule has 3 amide bonds. The van der Waals surface area contributed by atoms with Crippen LogP contribution in [0.2, 0.25) is 0 Å². The molecule has 29 heavy (non-hydrogen) atoms. The van der Waals surface area contributed by atoms with Crippen LogP contribution in [0.4, 0.5) is 11.6 Å². The first-order valence-electron chi connectivity index (χ1n) is 9.13. The molecular formula is C20H16N6O3. The molecule has 1 aromatic heterocycles. The van der Waals surface area contributed by atoms with E-state index in [1.54, 1.807) is 46.2 Å². The number of para-hydroxylation sites is 1. The van der Waals surface area contributed by atoms with Gasteiger partial charge in [-0.1, -0.05) is 30.3 Å². The van der Waals surface area contributed by atoms with Gasteiger partial charge < -0.3 is 4.90 Å². The first-order chi connectivity index (χ1) is 14.1. The first-order valence-corrected chi connectivity index (χ1v) is 9.13. The number of benzene rings is 2. The molecule has 0 saturated carbocycles. The first kappa shape index (κ1) is 17.1. The molecule has 0 fully saturated rings. The van der Waals surface area contributed by atoms with Crippen molar-refractivity contribution in [2.45, 2.75) is 12.6 Å². The maximum absolute atomic E-state index is 13.2. The molecule has 144 valence electrons. The molecule has 2 aromatic carbocycles. The molecule has 0 radical (unpaired) electrons. The van der Waals surface area contributed by atoms with E-state index >= 15 is 0 Å². The zero-order chi connectivity index (χ0) is 20.0. The highest BCUT2D eigenvalue weighted by Crippen LogP contribution is 2.45. The summed E-state index contributed by atoms with van der Waals surface area (Å²) in [7, 11) is 0. The molecule has 0 aliphatic carbocycles. The summed E-state index contributed by atoms with van der Waals surface area (Å²) in [6.45, 7) is 0.149. The van der Waals surface area contributed by atoms with Crippen molar-refractivity contribution in [3.05, 3.63) is 71.5 Å². The van der Waals surface area contributed by atoms with Gasteiger partial charge in [0.1, 0.15) is 12.5 Å². The molecule has 1 unspecified atom stereocenters. The van der Waals surface area contributed by atoms with Crippen LogP contribution in [0.1, 0.15) is 38.9 Å². The van der Waals surface area contributed by atoms with E-state index in [1.165, 1.54) is 6.33 Å². The molecule has 5 rings (SSSR count). The zero-order valence-electron chi connectivity index (χ0n) is 15.2. The standard InChI is InChI=1S/C20H16N6O3/c27-16(23-20-21-11-22-24-20)9-10-25-17-12-5-1-2-6-13(12)19(29)26(17)15-8-4-3-7-14(15)18(25)28/h1-8,11,17H,9-10H2,(H2,21,22,23,24,27). The molecule has 2 N–H and O–H groups in total. The minimum absolute atomic E-state index is 0.0509. The van der Waals surface area contributed by atoms with Crippen LogP contribution < -0.4 is 10.2 Å². The predicted octanol–water partition coefficient (Wildman–Crippen LogP) is 1.95. The molecule has 1 atom stereocenters. The third kappa shape index (κ3) is 2.66. The summed E-state index contributed by atoms with van der Waals surface area (Å²) >= 11 is 0. The topological polar surface area (TPSA) is 111 Å². The fraction of sp³-hybridized carbons (Fsp3) is 0.150. The average molecular weight is 388 g/mol. The smallest absolute Gasteiger partial charge is 0.260 e. The van der Waals surface area contributed by atoms with Gasteiger partial charge in [-0.3, -0.25) is 24.6 Å². The van der Waals surface area contributed by atoms with E-state index < -0.39 is 6.17 Å². The SMILES string of the molecule is O=C(CCN1C(=O)c2ccccc2N2C(=O)c3ccccc3C12)Nc1ncn[nH]1. The fourth-order valence-electron chi connectivity index (χ4n) is 3.88. The minimum atomic E-state index is -0.570. The number of anilines is 2. The van der Waals surface area contributed by atoms with E-state index in [1.807, 2.05) is 12.1 Å². The Morgan fingerprint density at radius 1 is 1.03 bits per heavy atom. The van der Waals surface area contributed by atoms with Crippen molar-refractivity contribution in [3.63, 3.8) is 0 Å². The van der Waals surface area contributed by atoms with Crippen molar-refractivity contribution in [1.29, 1.82) is 0 Å². The average Bonchev–Trinajstić information content (AvgIpc) is 3.35. The van der Waals surface area contributed by atoms with Crippen molar-refractivity contribution in [2.75, 3.05) is 16.8 Å². The second-order valence-corrected chi connectivity index (χ2v) is 6.78. The molecule has 0 bridgehead atoms. The van der Waals surface area contributed by atoms with Crippen LogP contribution in [0.15, 0.2) is 54.9 Å². The van der Waals surface area contributed by atoms with Crippen molar-refractivity contribution >= 4 is 29.4 Å². The summed E-state index contributed by atoms with van der Waals surface area (Å²) in [6, 6.07) is 14.3. The van der Waals surface area contributed by atoms with E-state index in [-0.39, 0.29) is 36.6 Å². The number of carbonyl (C=O) groups excluding carboxylic acids is 3. The van der Waals surface area contributed by atoms with Gasteiger partial charge in [-0.15, -0.1) is 0 Å². The van der Waals surface area contributed by atoms with Crippen LogP contribution in [-0.4, -0.2) is 44.3 Å². The monoisotopic (exact) mass is 388 g/mol. The summed E-state index contributed by atoms with van der Waals surface area (Å²) < 4.78 is 0. The molecule has 2 aliphatic heterocycles. The number of fused-ring (bicyclic) bond motifs is 5. The maximum atomic E-state index is 13.2. The second kappa shape index (κ2) is 6.55. The van der Waals surface area contributed by atoms with Crippen molar-refractivity contribution in [2.24, 2.45) is 0 Å². The summed E-state index contributed by atoms with van der Waals surface area (Å²) in [5, 5.41) is 8.83. The Kier molecular flexibility index (Phi) is 3.87. The fourth-order valence-corrected chi connectivity index (χ4v) is 3.88. The Labute approximate surface area is 165 Å². The predicted molar refractivity (Wildman–Crippen MR) is 103 cm³/mol. The van der Waals surface area contributed by atoms with Gasteiger partial charge >= 0.3 is 0 Å². The number of nitrogens with one attached hydrogen (secondary N) is 2. The van der Waals surface area contributed by atoms with Gasteiger partial charge in [0, 0.05) is 24.1 Å². The van der Waals surface area contributed by atoms with Gasteiger partial charge in [-0.2, -0.15) is 10.1 Å². The molecule has 0 spiro atoms. The lowest BCUT2D eigenvalue weighted by atomic mass is 10.0. The van der Waals surface area contributed by atoms with E-state index in [4.69, 9.17) is 0 Å². The van der Waals surface area contributed by atoms with Gasteiger partial charge in [0.05, 0.1) is 11.3 Å². The minimum Gasteiger partial charge on any atom is -0.313 e. The number of hydrogen-bond acceptors (Lipinski definition) is 5. The highest BCUT2D eigenvalue weighted by molar-refractivity contribution is 6.16. The lowest BCUT2D eigenvalue weighted by Crippen LogP contribution is -2.49. The van der Waals surface area contributed by atoms with Gasteiger partial charge in [-0.25, -0.2) is 5.10 Å². The van der Waals surface area contributed by atoms with Crippen LogP contribution in [0.3, 0.4) is 0 Å². The molecule has 3 aromatic rings. The van der Waals surface area contributed by atoms with Crippen molar-refractivity contribution < 1.29 is 14.4 Å². The Morgan fingerprint density at radius 3 is 2.59 bits per heavy atom. The van der Waals surface area contributed by atoms with Gasteiger partial charge in [-0.05, 0) is 18.2 Å². The number of H-pyrrole nitrogens is 1. The second-order valence-electron chi connectivity index (χ2n) is 6.78. The normalized spacial score (nSPS) is 17.0. The molecule has 0 saturated heterocycles. The van der Waals surface area contributed by atoms with E-state index in [0.717, 1.165) is 5.56 Å². The quantitative estimate of drug-likeness (QED) is 0.710. The number of aromatic nitrogens is 3. The van der Waals surface area contributed by atoms with Crippen molar-refractivity contribution in [3.8, 4) is 0 Å². The lowest BCUT2D eigenvalue weighted by Gasteiger charge is -2.40. The Hall–Kier alpha value is -4.01. The van der Waals surface area contributed by atoms with Crippen LogP contribution >= 0.6 is 0 Å². The summed E-state index contributed by atoms with van der Waals surface area (Å²) in [4.78, 5) is 45.7. The van der Waals surface area contributed by atoms with Crippen molar-refractivity contribution in [1.82, 2.24) is 20.1 Å². The van der Waals surface area contributed by atoms with E-state index in [9.17, 15) is 14.4 Å². The van der Waals surface area contributed by atoms with Crippen LogP contribution in [0.5, 0.6) is 0 Å². The number of aromatic amines is 1. The molecule has 9 nitrogen and oxygen atoms in total. The lowest BCUT2D eigenvalue weighted by molar-refractivity contribution is -0.116. The Bertz CT molecular complexity index is 1130. The number of nitrogens with zero attached hydrogens (tertiary/aromatic N) is 4. The largest absolute Gasteiger partial charge is 0.313 e. The van der Waals surface area contributed by atoms with Crippen LogP contribution in [-0.2, 0) is 4.79 Å². The number of carbonyl (C=O) groups is 3. The Morgan fingerprint density at radius 2 is 1.79 bits per heavy atom. The van der Waals surface area contributed by atoms with Crippen LogP contribution in [0, 0.1) is 0 Å².